The van der Waals surface area contributed by atoms with Crippen LogP contribution < -0.4 is 10.1 Å². The maximum atomic E-state index is 12.0. The largest absolute Gasteiger partial charge is 0.424 e. The summed E-state index contributed by atoms with van der Waals surface area (Å²) in [5.74, 6) is 0.601. The predicted octanol–water partition coefficient (Wildman–Crippen LogP) is 3.62. The van der Waals surface area contributed by atoms with Crippen LogP contribution in [0.4, 0.5) is 10.5 Å². The molecule has 1 N–H and O–H groups in total. The minimum absolute atomic E-state index is 0.191. The highest BCUT2D eigenvalue weighted by atomic mass is 16.5. The van der Waals surface area contributed by atoms with Crippen molar-refractivity contribution >= 4 is 11.7 Å². The average molecular weight is 312 g/mol. The lowest BCUT2D eigenvalue weighted by molar-refractivity contribution is 0.226. The number of aryl methyl sites for hydroxylation is 1. The van der Waals surface area contributed by atoms with E-state index >= 15 is 0 Å². The van der Waals surface area contributed by atoms with Gasteiger partial charge in [0.2, 0.25) is 0 Å². The number of amides is 2. The van der Waals surface area contributed by atoms with E-state index in [1.807, 2.05) is 13.8 Å². The Hall–Kier alpha value is -2.89. The van der Waals surface area contributed by atoms with E-state index in [2.05, 4.69) is 21.9 Å². The Morgan fingerprint density at radius 2 is 2.00 bits per heavy atom. The molecule has 0 radical (unpaired) electrons. The molecule has 0 saturated carbocycles. The van der Waals surface area contributed by atoms with Crippen molar-refractivity contribution in [2.45, 2.75) is 13.8 Å². The molecule has 23 heavy (non-hydrogen) atoms. The lowest BCUT2D eigenvalue weighted by Gasteiger charge is -2.18. The van der Waals surface area contributed by atoms with Gasteiger partial charge in [0.1, 0.15) is 5.75 Å². The third kappa shape index (κ3) is 5.10. The van der Waals surface area contributed by atoms with Crippen LogP contribution in [0.2, 0.25) is 0 Å². The summed E-state index contributed by atoms with van der Waals surface area (Å²) < 4.78 is 5.56. The van der Waals surface area contributed by atoms with Gasteiger partial charge < -0.3 is 15.0 Å². The van der Waals surface area contributed by atoms with E-state index < -0.39 is 0 Å². The topological polar surface area (TPSA) is 67.4 Å². The van der Waals surface area contributed by atoms with E-state index in [4.69, 9.17) is 4.74 Å². The van der Waals surface area contributed by atoms with Crippen LogP contribution in [-0.4, -0.2) is 34.5 Å². The van der Waals surface area contributed by atoms with E-state index in [1.54, 1.807) is 48.5 Å². The summed E-state index contributed by atoms with van der Waals surface area (Å²) in [7, 11) is 1.72. The minimum Gasteiger partial charge on any atom is -0.424 e. The molecule has 0 atom stereocenters. The van der Waals surface area contributed by atoms with Gasteiger partial charge in [0, 0.05) is 31.2 Å². The van der Waals surface area contributed by atoms with Crippen LogP contribution in [-0.2, 0) is 0 Å². The van der Waals surface area contributed by atoms with Gasteiger partial charge >= 0.3 is 12.0 Å². The molecule has 2 aromatic rings. The Kier molecular flexibility index (Phi) is 5.30. The highest BCUT2D eigenvalue weighted by Gasteiger charge is 2.09. The maximum absolute atomic E-state index is 12.0. The first-order valence-electron chi connectivity index (χ1n) is 7.18. The molecule has 0 fully saturated rings. The van der Waals surface area contributed by atoms with Gasteiger partial charge in [-0.05, 0) is 44.2 Å². The quantitative estimate of drug-likeness (QED) is 0.856. The number of aromatic nitrogens is 2. The monoisotopic (exact) mass is 312 g/mol. The molecule has 120 valence electrons. The van der Waals surface area contributed by atoms with Crippen LogP contribution >= 0.6 is 0 Å². The number of carbonyl (C=O) groups excluding carboxylic acids is 1. The summed E-state index contributed by atoms with van der Waals surface area (Å²) in [6.07, 6.45) is 1.64. The average Bonchev–Trinajstić information content (AvgIpc) is 2.48. The van der Waals surface area contributed by atoms with Crippen molar-refractivity contribution in [3.05, 3.63) is 54.4 Å². The fraction of sp³-hybridized carbons (Fsp3) is 0.235. The summed E-state index contributed by atoms with van der Waals surface area (Å²) >= 11 is 0. The normalized spacial score (nSPS) is 10.0. The van der Waals surface area contributed by atoms with Crippen molar-refractivity contribution in [1.29, 1.82) is 0 Å². The van der Waals surface area contributed by atoms with Crippen LogP contribution in [0.1, 0.15) is 12.6 Å². The minimum atomic E-state index is -0.191. The molecule has 6 nitrogen and oxygen atoms in total. The highest BCUT2D eigenvalue weighted by molar-refractivity contribution is 5.89. The number of likely N-dealkylation sites (N-methyl/N-ethyl adjacent to an activating group) is 1. The Morgan fingerprint density at radius 1 is 1.30 bits per heavy atom. The summed E-state index contributed by atoms with van der Waals surface area (Å²) in [6, 6.07) is 8.93. The number of anilines is 1. The molecule has 0 unspecified atom stereocenters. The van der Waals surface area contributed by atoms with E-state index in [1.165, 1.54) is 0 Å². The van der Waals surface area contributed by atoms with Crippen molar-refractivity contribution in [2.75, 3.05) is 18.9 Å². The van der Waals surface area contributed by atoms with Crippen molar-refractivity contribution in [3.8, 4) is 11.8 Å². The highest BCUT2D eigenvalue weighted by Crippen LogP contribution is 2.20. The molecule has 0 aliphatic rings. The van der Waals surface area contributed by atoms with E-state index in [-0.39, 0.29) is 6.03 Å². The summed E-state index contributed by atoms with van der Waals surface area (Å²) in [5, 5.41) is 2.81. The number of ether oxygens (including phenoxy) is 1. The Labute approximate surface area is 135 Å². The fourth-order valence-corrected chi connectivity index (χ4v) is 1.88. The standard InChI is InChI=1S/C17H20N4O2/c1-12(2)11-21(4)17(22)20-14-5-7-15(8-6-14)23-16-18-10-9-13(3)19-16/h5-10H,1,11H2,2-4H3,(H,20,22). The fourth-order valence-electron chi connectivity index (χ4n) is 1.88. The number of urea groups is 1. The molecule has 0 aliphatic carbocycles. The smallest absolute Gasteiger partial charge is 0.322 e. The van der Waals surface area contributed by atoms with E-state index in [0.29, 0.717) is 24.0 Å². The van der Waals surface area contributed by atoms with Gasteiger partial charge in [-0.1, -0.05) is 12.2 Å². The number of benzene rings is 1. The third-order valence-corrected chi connectivity index (χ3v) is 2.94. The van der Waals surface area contributed by atoms with Crippen LogP contribution in [0.15, 0.2) is 48.7 Å². The molecule has 1 aromatic heterocycles. The van der Waals surface area contributed by atoms with Crippen molar-refractivity contribution in [3.63, 3.8) is 0 Å². The SMILES string of the molecule is C=C(C)CN(C)C(=O)Nc1ccc(Oc2nccc(C)n2)cc1. The second-order valence-electron chi connectivity index (χ2n) is 5.35. The van der Waals surface area contributed by atoms with Crippen molar-refractivity contribution < 1.29 is 9.53 Å². The zero-order valence-electron chi connectivity index (χ0n) is 13.5. The molecule has 2 rings (SSSR count). The Balaban J connectivity index is 1.96. The lowest BCUT2D eigenvalue weighted by atomic mass is 10.3. The van der Waals surface area contributed by atoms with Crippen molar-refractivity contribution in [2.24, 2.45) is 0 Å². The molecule has 0 bridgehead atoms. The number of nitrogens with zero attached hydrogens (tertiary/aromatic N) is 3. The molecule has 1 aromatic carbocycles. The van der Waals surface area contributed by atoms with E-state index in [0.717, 1.165) is 11.3 Å². The lowest BCUT2D eigenvalue weighted by Crippen LogP contribution is -2.32. The first kappa shape index (κ1) is 16.5. The Bertz CT molecular complexity index is 698. The molecular formula is C17H20N4O2. The molecule has 6 heteroatoms. The third-order valence-electron chi connectivity index (χ3n) is 2.94. The van der Waals surface area contributed by atoms with Crippen LogP contribution in [0.25, 0.3) is 0 Å². The van der Waals surface area contributed by atoms with Gasteiger partial charge in [-0.25, -0.2) is 14.8 Å². The second-order valence-corrected chi connectivity index (χ2v) is 5.35. The zero-order valence-corrected chi connectivity index (χ0v) is 13.5. The van der Waals surface area contributed by atoms with Crippen LogP contribution in [0.5, 0.6) is 11.8 Å². The van der Waals surface area contributed by atoms with Crippen LogP contribution in [0, 0.1) is 6.92 Å². The first-order valence-corrected chi connectivity index (χ1v) is 7.18. The second kappa shape index (κ2) is 7.40. The van der Waals surface area contributed by atoms with Gasteiger partial charge in [0.05, 0.1) is 0 Å². The molecule has 0 saturated heterocycles. The number of carbonyl (C=O) groups is 1. The molecule has 2 amide bonds. The molecule has 0 aliphatic heterocycles. The Morgan fingerprint density at radius 3 is 2.61 bits per heavy atom. The van der Waals surface area contributed by atoms with Gasteiger partial charge in [0.25, 0.3) is 0 Å². The summed E-state index contributed by atoms with van der Waals surface area (Å²) in [4.78, 5) is 21.8. The zero-order chi connectivity index (χ0) is 16.8. The summed E-state index contributed by atoms with van der Waals surface area (Å²) in [6.45, 7) is 8.05. The summed E-state index contributed by atoms with van der Waals surface area (Å²) in [5.41, 5.74) is 2.44. The number of hydrogen-bond donors (Lipinski definition) is 1. The number of nitrogens with one attached hydrogen (secondary N) is 1. The first-order chi connectivity index (χ1) is 10.9. The van der Waals surface area contributed by atoms with Gasteiger partial charge in [-0.15, -0.1) is 0 Å². The van der Waals surface area contributed by atoms with Crippen LogP contribution in [0.3, 0.4) is 0 Å². The predicted molar refractivity (Wildman–Crippen MR) is 89.7 cm³/mol. The van der Waals surface area contributed by atoms with Gasteiger partial charge in [0.15, 0.2) is 0 Å². The van der Waals surface area contributed by atoms with Gasteiger partial charge in [-0.2, -0.15) is 0 Å². The molecule has 0 spiro atoms. The molecular weight excluding hydrogens is 292 g/mol. The van der Waals surface area contributed by atoms with Gasteiger partial charge in [-0.3, -0.25) is 0 Å². The van der Waals surface area contributed by atoms with Crippen molar-refractivity contribution in [1.82, 2.24) is 14.9 Å². The molecule has 1 heterocycles. The number of rotatable bonds is 5. The van der Waals surface area contributed by atoms with E-state index in [9.17, 15) is 4.79 Å². The number of hydrogen-bond acceptors (Lipinski definition) is 4. The maximum Gasteiger partial charge on any atom is 0.322 e.